The van der Waals surface area contributed by atoms with E-state index in [2.05, 4.69) is 0 Å². The number of carbonyl (C=O) groups excluding carboxylic acids is 1. The van der Waals surface area contributed by atoms with Gasteiger partial charge < -0.3 is 0 Å². The first-order valence-corrected chi connectivity index (χ1v) is 8.08. The van der Waals surface area contributed by atoms with Crippen LogP contribution in [0.2, 0.25) is 0 Å². The third kappa shape index (κ3) is 4.64. The van der Waals surface area contributed by atoms with E-state index in [1.807, 2.05) is 18.7 Å². The Balaban J connectivity index is 1.80. The summed E-state index contributed by atoms with van der Waals surface area (Å²) in [5, 5.41) is 0.673. The van der Waals surface area contributed by atoms with Gasteiger partial charge in [0.15, 0.2) is 0 Å². The SMILES string of the molecule is Cc1cc(F)ccc1CC(=O)CSC1CCCCC1. The summed E-state index contributed by atoms with van der Waals surface area (Å²) in [5.74, 6) is 0.622. The Bertz CT molecular complexity index is 438. The Hall–Kier alpha value is -0.830. The summed E-state index contributed by atoms with van der Waals surface area (Å²) in [7, 11) is 0. The lowest BCUT2D eigenvalue weighted by Crippen LogP contribution is -2.13. The van der Waals surface area contributed by atoms with Crippen LogP contribution in [0.15, 0.2) is 18.2 Å². The summed E-state index contributed by atoms with van der Waals surface area (Å²) in [5.41, 5.74) is 1.83. The molecule has 0 aliphatic heterocycles. The molecule has 1 aromatic carbocycles. The average molecular weight is 280 g/mol. The molecule has 1 aliphatic rings. The van der Waals surface area contributed by atoms with E-state index in [1.54, 1.807) is 6.07 Å². The Kier molecular flexibility index (Phi) is 5.44. The fourth-order valence-electron chi connectivity index (χ4n) is 2.56. The van der Waals surface area contributed by atoms with Crippen molar-refractivity contribution in [3.8, 4) is 0 Å². The Morgan fingerprint density at radius 1 is 1.32 bits per heavy atom. The van der Waals surface area contributed by atoms with Crippen LogP contribution in [-0.2, 0) is 11.2 Å². The Morgan fingerprint density at radius 3 is 2.74 bits per heavy atom. The van der Waals surface area contributed by atoms with Gasteiger partial charge >= 0.3 is 0 Å². The van der Waals surface area contributed by atoms with Crippen LogP contribution >= 0.6 is 11.8 Å². The molecule has 0 saturated heterocycles. The van der Waals surface area contributed by atoms with Gasteiger partial charge in [0.2, 0.25) is 0 Å². The minimum Gasteiger partial charge on any atom is -0.298 e. The lowest BCUT2D eigenvalue weighted by Gasteiger charge is -2.20. The van der Waals surface area contributed by atoms with E-state index in [1.165, 1.54) is 44.2 Å². The first-order valence-electron chi connectivity index (χ1n) is 7.03. The standard InChI is InChI=1S/C16H21FOS/c1-12-9-14(17)8-7-13(12)10-15(18)11-19-16-5-3-2-4-6-16/h7-9,16H,2-6,10-11H2,1H3. The minimum absolute atomic E-state index is 0.231. The van der Waals surface area contributed by atoms with Crippen LogP contribution in [0, 0.1) is 12.7 Å². The molecule has 19 heavy (non-hydrogen) atoms. The molecule has 2 rings (SSSR count). The predicted molar refractivity (Wildman–Crippen MR) is 79.2 cm³/mol. The second kappa shape index (κ2) is 7.09. The number of carbonyl (C=O) groups is 1. The number of ketones is 1. The zero-order chi connectivity index (χ0) is 13.7. The zero-order valence-electron chi connectivity index (χ0n) is 11.5. The van der Waals surface area contributed by atoms with Crippen molar-refractivity contribution in [1.82, 2.24) is 0 Å². The number of rotatable bonds is 5. The van der Waals surface area contributed by atoms with Crippen molar-refractivity contribution in [1.29, 1.82) is 0 Å². The van der Waals surface area contributed by atoms with E-state index in [4.69, 9.17) is 0 Å². The summed E-state index contributed by atoms with van der Waals surface area (Å²) < 4.78 is 13.0. The molecule has 1 fully saturated rings. The van der Waals surface area contributed by atoms with Crippen LogP contribution in [0.4, 0.5) is 4.39 Å². The molecule has 0 spiro atoms. The van der Waals surface area contributed by atoms with Gasteiger partial charge in [-0.1, -0.05) is 25.3 Å². The van der Waals surface area contributed by atoms with E-state index in [0.717, 1.165) is 11.1 Å². The van der Waals surface area contributed by atoms with Crippen LogP contribution in [-0.4, -0.2) is 16.8 Å². The second-order valence-electron chi connectivity index (χ2n) is 5.36. The van der Waals surface area contributed by atoms with Gasteiger partial charge in [-0.2, -0.15) is 11.8 Å². The highest BCUT2D eigenvalue weighted by atomic mass is 32.2. The molecule has 1 nitrogen and oxygen atoms in total. The largest absolute Gasteiger partial charge is 0.298 e. The lowest BCUT2D eigenvalue weighted by atomic mass is 10.0. The molecular weight excluding hydrogens is 259 g/mol. The number of benzene rings is 1. The van der Waals surface area contributed by atoms with E-state index in [-0.39, 0.29) is 11.6 Å². The van der Waals surface area contributed by atoms with Gasteiger partial charge in [0.1, 0.15) is 11.6 Å². The molecule has 0 unspecified atom stereocenters. The van der Waals surface area contributed by atoms with Crippen molar-refractivity contribution in [3.05, 3.63) is 35.1 Å². The van der Waals surface area contributed by atoms with Crippen LogP contribution < -0.4 is 0 Å². The average Bonchev–Trinajstić information content (AvgIpc) is 2.41. The number of aryl methyl sites for hydroxylation is 1. The van der Waals surface area contributed by atoms with Crippen LogP contribution in [0.1, 0.15) is 43.2 Å². The van der Waals surface area contributed by atoms with E-state index < -0.39 is 0 Å². The fraction of sp³-hybridized carbons (Fsp3) is 0.562. The molecule has 104 valence electrons. The summed E-state index contributed by atoms with van der Waals surface area (Å²) in [6.07, 6.45) is 6.92. The van der Waals surface area contributed by atoms with Gasteiger partial charge in [0.25, 0.3) is 0 Å². The maximum Gasteiger partial charge on any atom is 0.147 e. The van der Waals surface area contributed by atoms with Crippen LogP contribution in [0.5, 0.6) is 0 Å². The highest BCUT2D eigenvalue weighted by molar-refractivity contribution is 8.00. The van der Waals surface area contributed by atoms with Crippen LogP contribution in [0.25, 0.3) is 0 Å². The van der Waals surface area contributed by atoms with E-state index >= 15 is 0 Å². The van der Waals surface area contributed by atoms with Crippen molar-refractivity contribution >= 4 is 17.5 Å². The van der Waals surface area contributed by atoms with Crippen molar-refractivity contribution in [2.45, 2.75) is 50.7 Å². The number of thioether (sulfide) groups is 1. The number of Topliss-reactive ketones (excluding diaryl/α,β-unsaturated/α-hetero) is 1. The molecule has 1 aliphatic carbocycles. The Labute approximate surface area is 119 Å². The highest BCUT2D eigenvalue weighted by Gasteiger charge is 2.15. The smallest absolute Gasteiger partial charge is 0.147 e. The molecule has 0 radical (unpaired) electrons. The Morgan fingerprint density at radius 2 is 2.05 bits per heavy atom. The van der Waals surface area contributed by atoms with E-state index in [0.29, 0.717) is 17.4 Å². The summed E-state index contributed by atoms with van der Waals surface area (Å²) in [6.45, 7) is 1.86. The van der Waals surface area contributed by atoms with Crippen molar-refractivity contribution in [3.63, 3.8) is 0 Å². The topological polar surface area (TPSA) is 17.1 Å². The third-order valence-electron chi connectivity index (χ3n) is 3.72. The number of hydrogen-bond acceptors (Lipinski definition) is 2. The summed E-state index contributed by atoms with van der Waals surface area (Å²) in [6, 6.07) is 4.66. The van der Waals surface area contributed by atoms with Gasteiger partial charge in [0.05, 0.1) is 5.75 Å². The predicted octanol–water partition coefficient (Wildman–Crippen LogP) is 4.31. The van der Waals surface area contributed by atoms with Gasteiger partial charge in [-0.05, 0) is 43.0 Å². The molecule has 1 aromatic rings. The first-order chi connectivity index (χ1) is 9.15. The van der Waals surface area contributed by atoms with E-state index in [9.17, 15) is 9.18 Å². The van der Waals surface area contributed by atoms with Crippen molar-refractivity contribution < 1.29 is 9.18 Å². The maximum absolute atomic E-state index is 13.0. The molecule has 3 heteroatoms. The van der Waals surface area contributed by atoms with Gasteiger partial charge in [-0.3, -0.25) is 4.79 Å². The third-order valence-corrected chi connectivity index (χ3v) is 5.16. The van der Waals surface area contributed by atoms with Gasteiger partial charge in [-0.25, -0.2) is 4.39 Å². The number of halogens is 1. The molecule has 1 saturated carbocycles. The summed E-state index contributed by atoms with van der Waals surface area (Å²) in [4.78, 5) is 12.0. The normalized spacial score (nSPS) is 16.5. The molecule has 0 bridgehead atoms. The minimum atomic E-state index is -0.231. The summed E-state index contributed by atoms with van der Waals surface area (Å²) >= 11 is 1.81. The molecule has 0 aromatic heterocycles. The highest BCUT2D eigenvalue weighted by Crippen LogP contribution is 2.28. The zero-order valence-corrected chi connectivity index (χ0v) is 12.3. The van der Waals surface area contributed by atoms with Crippen molar-refractivity contribution in [2.75, 3.05) is 5.75 Å². The first kappa shape index (κ1) is 14.6. The lowest BCUT2D eigenvalue weighted by molar-refractivity contribution is -0.116. The molecule has 0 heterocycles. The van der Waals surface area contributed by atoms with Crippen LogP contribution in [0.3, 0.4) is 0 Å². The second-order valence-corrected chi connectivity index (χ2v) is 6.65. The van der Waals surface area contributed by atoms with Gasteiger partial charge in [0, 0.05) is 11.7 Å². The molecular formula is C16H21FOS. The molecule has 0 amide bonds. The maximum atomic E-state index is 13.0. The monoisotopic (exact) mass is 280 g/mol. The fourth-order valence-corrected chi connectivity index (χ4v) is 3.75. The molecule has 0 N–H and O–H groups in total. The van der Waals surface area contributed by atoms with Gasteiger partial charge in [-0.15, -0.1) is 0 Å². The quantitative estimate of drug-likeness (QED) is 0.799. The van der Waals surface area contributed by atoms with Crippen molar-refractivity contribution in [2.24, 2.45) is 0 Å². The number of hydrogen-bond donors (Lipinski definition) is 0. The molecule has 0 atom stereocenters.